The first-order valence-electron chi connectivity index (χ1n) is 3.60. The Hall–Kier alpha value is -1.12. The van der Waals surface area contributed by atoms with E-state index in [0.29, 0.717) is 5.71 Å². The van der Waals surface area contributed by atoms with E-state index in [1.807, 2.05) is 25.1 Å². The molecule has 0 spiro atoms. The SMILES string of the molecule is CC(=O)C1=NC=CN(C)C1C. The second-order valence-electron chi connectivity index (χ2n) is 2.71. The number of hydrogen-bond donors (Lipinski definition) is 0. The summed E-state index contributed by atoms with van der Waals surface area (Å²) in [6, 6.07) is 0.109. The average Bonchev–Trinajstić information content (AvgIpc) is 1.94. The minimum atomic E-state index is 0.0497. The molecule has 60 valence electrons. The van der Waals surface area contributed by atoms with Crippen LogP contribution < -0.4 is 0 Å². The zero-order valence-corrected chi connectivity index (χ0v) is 7.03. The van der Waals surface area contributed by atoms with Crippen LogP contribution in [0.1, 0.15) is 13.8 Å². The molecule has 0 bridgehead atoms. The maximum absolute atomic E-state index is 11.0. The molecule has 3 heteroatoms. The van der Waals surface area contributed by atoms with Gasteiger partial charge in [-0.2, -0.15) is 0 Å². The van der Waals surface area contributed by atoms with Crippen LogP contribution in [-0.4, -0.2) is 29.5 Å². The summed E-state index contributed by atoms with van der Waals surface area (Å²) in [6.45, 7) is 3.51. The van der Waals surface area contributed by atoms with Gasteiger partial charge in [0.2, 0.25) is 0 Å². The average molecular weight is 152 g/mol. The van der Waals surface area contributed by atoms with Gasteiger partial charge in [0.25, 0.3) is 0 Å². The molecule has 1 atom stereocenters. The van der Waals surface area contributed by atoms with Crippen LogP contribution in [0.15, 0.2) is 17.4 Å². The maximum atomic E-state index is 11.0. The molecule has 0 N–H and O–H groups in total. The number of carbonyl (C=O) groups is 1. The highest BCUT2D eigenvalue weighted by atomic mass is 16.1. The van der Waals surface area contributed by atoms with Crippen molar-refractivity contribution < 1.29 is 4.79 Å². The van der Waals surface area contributed by atoms with E-state index in [-0.39, 0.29) is 11.8 Å². The van der Waals surface area contributed by atoms with Gasteiger partial charge in [0.15, 0.2) is 5.78 Å². The molecule has 0 saturated heterocycles. The Balaban J connectivity index is 2.87. The number of Topliss-reactive ketones (excluding diaryl/α,β-unsaturated/α-hetero) is 1. The first-order valence-corrected chi connectivity index (χ1v) is 3.60. The van der Waals surface area contributed by atoms with Gasteiger partial charge in [-0.25, -0.2) is 0 Å². The fourth-order valence-electron chi connectivity index (χ4n) is 1.03. The molecule has 0 saturated carbocycles. The number of aliphatic imine (C=N–C) groups is 1. The first kappa shape index (κ1) is 7.98. The number of nitrogens with zero attached hydrogens (tertiary/aromatic N) is 2. The van der Waals surface area contributed by atoms with E-state index in [4.69, 9.17) is 0 Å². The third-order valence-corrected chi connectivity index (χ3v) is 1.88. The summed E-state index contributed by atoms with van der Waals surface area (Å²) in [5, 5.41) is 0. The number of ketones is 1. The smallest absolute Gasteiger partial charge is 0.176 e. The van der Waals surface area contributed by atoms with Gasteiger partial charge in [-0.15, -0.1) is 0 Å². The van der Waals surface area contributed by atoms with Crippen molar-refractivity contribution in [2.24, 2.45) is 4.99 Å². The molecule has 1 aliphatic heterocycles. The fraction of sp³-hybridized carbons (Fsp3) is 0.500. The van der Waals surface area contributed by atoms with Crippen molar-refractivity contribution in [2.75, 3.05) is 7.05 Å². The summed E-state index contributed by atoms with van der Waals surface area (Å²) in [4.78, 5) is 16.9. The van der Waals surface area contributed by atoms with E-state index in [1.165, 1.54) is 0 Å². The molecule has 0 aromatic heterocycles. The third kappa shape index (κ3) is 1.48. The van der Waals surface area contributed by atoms with Gasteiger partial charge < -0.3 is 4.90 Å². The van der Waals surface area contributed by atoms with Crippen molar-refractivity contribution in [2.45, 2.75) is 19.9 Å². The molecule has 0 fully saturated rings. The summed E-state index contributed by atoms with van der Waals surface area (Å²) >= 11 is 0. The molecule has 0 aliphatic carbocycles. The molecule has 0 aromatic rings. The predicted octanol–water partition coefficient (Wildman–Crippen LogP) is 0.822. The summed E-state index contributed by atoms with van der Waals surface area (Å²) in [5.74, 6) is 0.0497. The molecule has 1 heterocycles. The van der Waals surface area contributed by atoms with Crippen LogP contribution >= 0.6 is 0 Å². The lowest BCUT2D eigenvalue weighted by Crippen LogP contribution is -2.37. The van der Waals surface area contributed by atoms with Crippen LogP contribution in [0.2, 0.25) is 0 Å². The van der Waals surface area contributed by atoms with Gasteiger partial charge in [-0.1, -0.05) is 0 Å². The van der Waals surface area contributed by atoms with Crippen LogP contribution in [0.25, 0.3) is 0 Å². The Morgan fingerprint density at radius 2 is 2.36 bits per heavy atom. The number of carbonyl (C=O) groups excluding carboxylic acids is 1. The molecule has 11 heavy (non-hydrogen) atoms. The molecular weight excluding hydrogens is 140 g/mol. The monoisotopic (exact) mass is 152 g/mol. The molecule has 3 nitrogen and oxygen atoms in total. The van der Waals surface area contributed by atoms with Crippen molar-refractivity contribution in [3.8, 4) is 0 Å². The lowest BCUT2D eigenvalue weighted by atomic mass is 10.1. The zero-order chi connectivity index (χ0) is 8.43. The van der Waals surface area contributed by atoms with Crippen LogP contribution in [-0.2, 0) is 4.79 Å². The van der Waals surface area contributed by atoms with Crippen molar-refractivity contribution in [3.63, 3.8) is 0 Å². The minimum absolute atomic E-state index is 0.0497. The summed E-state index contributed by atoms with van der Waals surface area (Å²) in [5.41, 5.74) is 0.634. The molecule has 0 radical (unpaired) electrons. The zero-order valence-electron chi connectivity index (χ0n) is 7.03. The van der Waals surface area contributed by atoms with Crippen LogP contribution in [0.4, 0.5) is 0 Å². The first-order chi connectivity index (χ1) is 5.13. The summed E-state index contributed by atoms with van der Waals surface area (Å²) in [7, 11) is 1.93. The quantitative estimate of drug-likeness (QED) is 0.557. The maximum Gasteiger partial charge on any atom is 0.176 e. The molecule has 1 unspecified atom stereocenters. The molecule has 1 rings (SSSR count). The van der Waals surface area contributed by atoms with Gasteiger partial charge in [0.1, 0.15) is 5.71 Å². The van der Waals surface area contributed by atoms with Crippen LogP contribution in [0, 0.1) is 0 Å². The van der Waals surface area contributed by atoms with Crippen molar-refractivity contribution in [1.82, 2.24) is 4.90 Å². The highest BCUT2D eigenvalue weighted by Gasteiger charge is 2.19. The molecule has 1 aliphatic rings. The molecule has 0 aromatic carbocycles. The molecule has 0 amide bonds. The Bertz CT molecular complexity index is 230. The number of rotatable bonds is 1. The third-order valence-electron chi connectivity index (χ3n) is 1.88. The topological polar surface area (TPSA) is 32.7 Å². The van der Waals surface area contributed by atoms with E-state index in [0.717, 1.165) is 0 Å². The summed E-state index contributed by atoms with van der Waals surface area (Å²) < 4.78 is 0. The fourth-order valence-corrected chi connectivity index (χ4v) is 1.03. The van der Waals surface area contributed by atoms with E-state index in [2.05, 4.69) is 4.99 Å². The van der Waals surface area contributed by atoms with Crippen LogP contribution in [0.5, 0.6) is 0 Å². The predicted molar refractivity (Wildman–Crippen MR) is 44.5 cm³/mol. The second-order valence-corrected chi connectivity index (χ2v) is 2.71. The highest BCUT2D eigenvalue weighted by molar-refractivity contribution is 6.41. The Morgan fingerprint density at radius 1 is 1.73 bits per heavy atom. The normalized spacial score (nSPS) is 23.4. The lowest BCUT2D eigenvalue weighted by molar-refractivity contribution is -0.111. The van der Waals surface area contributed by atoms with Gasteiger partial charge in [0, 0.05) is 26.4 Å². The minimum Gasteiger partial charge on any atom is -0.371 e. The van der Waals surface area contributed by atoms with Crippen LogP contribution in [0.3, 0.4) is 0 Å². The Morgan fingerprint density at radius 3 is 2.82 bits per heavy atom. The van der Waals surface area contributed by atoms with E-state index in [1.54, 1.807) is 13.1 Å². The van der Waals surface area contributed by atoms with Gasteiger partial charge >= 0.3 is 0 Å². The van der Waals surface area contributed by atoms with E-state index < -0.39 is 0 Å². The van der Waals surface area contributed by atoms with Crippen molar-refractivity contribution >= 4 is 11.5 Å². The van der Waals surface area contributed by atoms with Gasteiger partial charge in [0.05, 0.1) is 6.04 Å². The van der Waals surface area contributed by atoms with E-state index >= 15 is 0 Å². The molecular formula is C8H12N2O. The van der Waals surface area contributed by atoms with Gasteiger partial charge in [-0.3, -0.25) is 9.79 Å². The highest BCUT2D eigenvalue weighted by Crippen LogP contribution is 2.06. The Kier molecular flexibility index (Phi) is 2.08. The van der Waals surface area contributed by atoms with Gasteiger partial charge in [-0.05, 0) is 6.92 Å². The summed E-state index contributed by atoms with van der Waals surface area (Å²) in [6.07, 6.45) is 3.51. The lowest BCUT2D eigenvalue weighted by Gasteiger charge is -2.25. The Labute approximate surface area is 66.4 Å². The standard InChI is InChI=1S/C8H12N2O/c1-6-8(7(2)11)9-4-5-10(6)3/h4-6H,1-3H3. The van der Waals surface area contributed by atoms with Crippen molar-refractivity contribution in [3.05, 3.63) is 12.4 Å². The van der Waals surface area contributed by atoms with E-state index in [9.17, 15) is 4.79 Å². The van der Waals surface area contributed by atoms with Crippen molar-refractivity contribution in [1.29, 1.82) is 0 Å². The largest absolute Gasteiger partial charge is 0.371 e. The number of hydrogen-bond acceptors (Lipinski definition) is 3. The second kappa shape index (κ2) is 2.86.